The molecule has 6 nitrogen and oxygen atoms in total. The van der Waals surface area contributed by atoms with Crippen LogP contribution in [0.4, 0.5) is 5.69 Å². The van der Waals surface area contributed by atoms with Crippen molar-refractivity contribution in [2.45, 2.75) is 20.0 Å². The molecule has 0 unspecified atom stereocenters. The Morgan fingerprint density at radius 3 is 2.32 bits per heavy atom. The lowest BCUT2D eigenvalue weighted by Gasteiger charge is -2.13. The number of benzene rings is 2. The van der Waals surface area contributed by atoms with E-state index in [1.807, 2.05) is 30.3 Å². The van der Waals surface area contributed by atoms with Crippen molar-refractivity contribution in [1.29, 1.82) is 0 Å². The molecule has 3 N–H and O–H groups in total. The smallest absolute Gasteiger partial charge is 0.291 e. The molecule has 0 saturated heterocycles. The lowest BCUT2D eigenvalue weighted by atomic mass is 10.1. The lowest BCUT2D eigenvalue weighted by molar-refractivity contribution is 0.0996. The summed E-state index contributed by atoms with van der Waals surface area (Å²) >= 11 is 0. The molecule has 0 aliphatic rings. The molecular weight excluding hydrogens is 352 g/mol. The maximum absolute atomic E-state index is 12.1. The average Bonchev–Trinajstić information content (AvgIpc) is 3.23. The van der Waals surface area contributed by atoms with Crippen LogP contribution in [-0.2, 0) is 13.1 Å². The molecule has 0 fully saturated rings. The molecule has 0 aliphatic heterocycles. The van der Waals surface area contributed by atoms with Crippen molar-refractivity contribution in [1.82, 2.24) is 10.6 Å². The minimum atomic E-state index is -0.272. The van der Waals surface area contributed by atoms with Crippen molar-refractivity contribution < 1.29 is 9.21 Å². The zero-order valence-corrected chi connectivity index (χ0v) is 16.0. The molecule has 0 radical (unpaired) electrons. The topological polar surface area (TPSA) is 78.7 Å². The summed E-state index contributed by atoms with van der Waals surface area (Å²) in [5, 5.41) is 9.42. The second-order valence-corrected chi connectivity index (χ2v) is 6.40. The summed E-state index contributed by atoms with van der Waals surface area (Å²) in [6.45, 7) is 3.35. The number of anilines is 1. The summed E-state index contributed by atoms with van der Waals surface area (Å²) in [4.78, 5) is 16.4. The average molecular weight is 376 g/mol. The molecule has 0 bridgehead atoms. The van der Waals surface area contributed by atoms with Gasteiger partial charge in [0.05, 0.1) is 6.26 Å². The van der Waals surface area contributed by atoms with Crippen LogP contribution in [0.1, 0.15) is 27.2 Å². The van der Waals surface area contributed by atoms with Gasteiger partial charge < -0.3 is 20.4 Å². The van der Waals surface area contributed by atoms with Gasteiger partial charge in [0.1, 0.15) is 0 Å². The molecule has 1 amide bonds. The number of carbonyl (C=O) groups excluding carboxylic acids is 1. The van der Waals surface area contributed by atoms with Gasteiger partial charge in [-0.3, -0.25) is 9.79 Å². The van der Waals surface area contributed by atoms with E-state index >= 15 is 0 Å². The van der Waals surface area contributed by atoms with Gasteiger partial charge >= 0.3 is 0 Å². The molecule has 0 aliphatic carbocycles. The lowest BCUT2D eigenvalue weighted by Crippen LogP contribution is -2.36. The number of hydrogen-bond donors (Lipinski definition) is 3. The van der Waals surface area contributed by atoms with E-state index in [4.69, 9.17) is 4.42 Å². The highest BCUT2D eigenvalue weighted by molar-refractivity contribution is 6.02. The van der Waals surface area contributed by atoms with Gasteiger partial charge in [-0.1, -0.05) is 42.0 Å². The van der Waals surface area contributed by atoms with Gasteiger partial charge in [-0.2, -0.15) is 0 Å². The minimum Gasteiger partial charge on any atom is -0.459 e. The van der Waals surface area contributed by atoms with Gasteiger partial charge in [0.2, 0.25) is 0 Å². The number of carbonyl (C=O) groups is 1. The van der Waals surface area contributed by atoms with Crippen LogP contribution in [0.3, 0.4) is 0 Å². The number of hydrogen-bond acceptors (Lipinski definition) is 3. The van der Waals surface area contributed by atoms with Crippen LogP contribution >= 0.6 is 0 Å². The van der Waals surface area contributed by atoms with Crippen LogP contribution in [0.25, 0.3) is 0 Å². The molecule has 3 rings (SSSR count). The zero-order valence-electron chi connectivity index (χ0n) is 16.0. The van der Waals surface area contributed by atoms with Gasteiger partial charge in [0.15, 0.2) is 11.7 Å². The first-order valence-electron chi connectivity index (χ1n) is 9.08. The Labute approximate surface area is 164 Å². The van der Waals surface area contributed by atoms with E-state index in [0.717, 1.165) is 5.56 Å². The summed E-state index contributed by atoms with van der Waals surface area (Å²) in [6, 6.07) is 19.3. The minimum absolute atomic E-state index is 0.272. The summed E-state index contributed by atoms with van der Waals surface area (Å²) < 4.78 is 5.11. The van der Waals surface area contributed by atoms with Crippen molar-refractivity contribution in [3.05, 3.63) is 89.4 Å². The van der Waals surface area contributed by atoms with E-state index < -0.39 is 0 Å². The quantitative estimate of drug-likeness (QED) is 0.453. The second kappa shape index (κ2) is 9.41. The molecule has 6 heteroatoms. The number of furan rings is 1. The first kappa shape index (κ1) is 19.2. The van der Waals surface area contributed by atoms with Crippen molar-refractivity contribution >= 4 is 17.6 Å². The highest BCUT2D eigenvalue weighted by atomic mass is 16.3. The number of nitrogens with zero attached hydrogens (tertiary/aromatic N) is 1. The van der Waals surface area contributed by atoms with Gasteiger partial charge in [-0.25, -0.2) is 0 Å². The first-order valence-corrected chi connectivity index (χ1v) is 9.08. The number of rotatable bonds is 6. The fourth-order valence-corrected chi connectivity index (χ4v) is 2.77. The standard InChI is InChI=1S/C22H24N4O2/c1-16-6-3-7-17(12-16)14-24-22(23-2)25-15-18-8-4-9-19(13-18)26-21(27)20-10-5-11-28-20/h3-13H,14-15H2,1-2H3,(H,26,27)(H2,23,24,25). The van der Waals surface area contributed by atoms with E-state index in [1.54, 1.807) is 19.2 Å². The van der Waals surface area contributed by atoms with Crippen molar-refractivity contribution in [3.8, 4) is 0 Å². The van der Waals surface area contributed by atoms with Gasteiger partial charge in [0, 0.05) is 25.8 Å². The van der Waals surface area contributed by atoms with Crippen LogP contribution in [0.2, 0.25) is 0 Å². The Morgan fingerprint density at radius 1 is 0.964 bits per heavy atom. The van der Waals surface area contributed by atoms with Crippen LogP contribution in [-0.4, -0.2) is 18.9 Å². The molecule has 28 heavy (non-hydrogen) atoms. The van der Waals surface area contributed by atoms with Crippen LogP contribution in [0.15, 0.2) is 76.3 Å². The highest BCUT2D eigenvalue weighted by Crippen LogP contribution is 2.12. The molecule has 0 spiro atoms. The third-order valence-corrected chi connectivity index (χ3v) is 4.16. The van der Waals surface area contributed by atoms with Gasteiger partial charge in [-0.15, -0.1) is 0 Å². The van der Waals surface area contributed by atoms with Gasteiger partial charge in [0.25, 0.3) is 5.91 Å². The van der Waals surface area contributed by atoms with E-state index in [2.05, 4.69) is 46.1 Å². The Hall–Kier alpha value is -3.54. The maximum atomic E-state index is 12.1. The number of aryl methyl sites for hydroxylation is 1. The number of aliphatic imine (C=N–C) groups is 1. The molecule has 3 aromatic rings. The Balaban J connectivity index is 1.53. The summed E-state index contributed by atoms with van der Waals surface area (Å²) in [5.74, 6) is 0.724. The number of nitrogens with one attached hydrogen (secondary N) is 3. The third-order valence-electron chi connectivity index (χ3n) is 4.16. The predicted octanol–water partition coefficient (Wildman–Crippen LogP) is 3.71. The third kappa shape index (κ3) is 5.48. The predicted molar refractivity (Wildman–Crippen MR) is 111 cm³/mol. The number of guanidine groups is 1. The van der Waals surface area contributed by atoms with Crippen LogP contribution < -0.4 is 16.0 Å². The Kier molecular flexibility index (Phi) is 6.46. The second-order valence-electron chi connectivity index (χ2n) is 6.40. The largest absolute Gasteiger partial charge is 0.459 e. The normalized spacial score (nSPS) is 11.1. The monoisotopic (exact) mass is 376 g/mol. The molecular formula is C22H24N4O2. The number of amides is 1. The molecule has 144 valence electrons. The fourth-order valence-electron chi connectivity index (χ4n) is 2.77. The first-order chi connectivity index (χ1) is 13.6. The van der Waals surface area contributed by atoms with E-state index in [1.165, 1.54) is 17.4 Å². The molecule has 0 atom stereocenters. The summed E-state index contributed by atoms with van der Waals surface area (Å²) in [7, 11) is 1.74. The molecule has 1 heterocycles. The van der Waals surface area contributed by atoms with Crippen LogP contribution in [0, 0.1) is 6.92 Å². The molecule has 2 aromatic carbocycles. The summed E-state index contributed by atoms with van der Waals surface area (Å²) in [5.41, 5.74) is 4.17. The van der Waals surface area contributed by atoms with E-state index in [0.29, 0.717) is 24.7 Å². The van der Waals surface area contributed by atoms with Crippen molar-refractivity contribution in [3.63, 3.8) is 0 Å². The van der Waals surface area contributed by atoms with Crippen molar-refractivity contribution in [2.75, 3.05) is 12.4 Å². The van der Waals surface area contributed by atoms with Gasteiger partial charge in [-0.05, 0) is 42.3 Å². The molecule has 0 saturated carbocycles. The van der Waals surface area contributed by atoms with Crippen molar-refractivity contribution in [2.24, 2.45) is 4.99 Å². The summed E-state index contributed by atoms with van der Waals surface area (Å²) in [6.07, 6.45) is 1.48. The Morgan fingerprint density at radius 2 is 1.68 bits per heavy atom. The highest BCUT2D eigenvalue weighted by Gasteiger charge is 2.09. The van der Waals surface area contributed by atoms with E-state index in [9.17, 15) is 4.79 Å². The maximum Gasteiger partial charge on any atom is 0.291 e. The van der Waals surface area contributed by atoms with E-state index in [-0.39, 0.29) is 11.7 Å². The fraction of sp³-hybridized carbons (Fsp3) is 0.182. The Bertz CT molecular complexity index is 949. The molecule has 1 aromatic heterocycles. The SMILES string of the molecule is CN=C(NCc1cccc(C)c1)NCc1cccc(NC(=O)c2ccco2)c1. The van der Waals surface area contributed by atoms with Crippen LogP contribution in [0.5, 0.6) is 0 Å². The zero-order chi connectivity index (χ0) is 19.8.